The van der Waals surface area contributed by atoms with Crippen LogP contribution in [0.1, 0.15) is 15.9 Å². The second-order valence-electron chi connectivity index (χ2n) is 4.92. The van der Waals surface area contributed by atoms with Crippen molar-refractivity contribution in [1.82, 2.24) is 0 Å². The molecule has 2 aromatic carbocycles. The molecule has 0 unspecified atom stereocenters. The highest BCUT2D eigenvalue weighted by Crippen LogP contribution is 2.39. The maximum atomic E-state index is 12.4. The van der Waals surface area contributed by atoms with Crippen molar-refractivity contribution in [3.05, 3.63) is 62.6 Å². The molecule has 6 nitrogen and oxygen atoms in total. The average Bonchev–Trinajstić information content (AvgIpc) is 2.60. The van der Waals surface area contributed by atoms with Crippen LogP contribution >= 0.6 is 34.8 Å². The molecular weight excluding hydrogens is 407 g/mol. The molecule has 0 radical (unpaired) electrons. The average molecular weight is 418 g/mol. The Hall–Kier alpha value is -2.28. The van der Waals surface area contributed by atoms with E-state index < -0.39 is 29.2 Å². The maximum absolute atomic E-state index is 12.4. The van der Waals surface area contributed by atoms with Crippen molar-refractivity contribution in [2.75, 3.05) is 6.61 Å². The Morgan fingerprint density at radius 1 is 1.00 bits per heavy atom. The number of carbonyl (C=O) groups excluding carboxylic acids is 2. The molecule has 0 aromatic heterocycles. The van der Waals surface area contributed by atoms with E-state index in [2.05, 4.69) is 4.74 Å². The van der Waals surface area contributed by atoms with E-state index >= 15 is 0 Å². The maximum Gasteiger partial charge on any atom is 0.422 e. The van der Waals surface area contributed by atoms with Gasteiger partial charge in [0.05, 0.1) is 21.7 Å². The second kappa shape index (κ2) is 8.89. The van der Waals surface area contributed by atoms with Crippen LogP contribution in [0.25, 0.3) is 0 Å². The monoisotopic (exact) mass is 416 g/mol. The third kappa shape index (κ3) is 4.88. The topological polar surface area (TPSA) is 89.9 Å². The third-order valence-corrected chi connectivity index (χ3v) is 4.23. The Morgan fingerprint density at radius 2 is 1.65 bits per heavy atom. The lowest BCUT2D eigenvalue weighted by Gasteiger charge is -2.13. The number of esters is 2. The van der Waals surface area contributed by atoms with E-state index in [1.165, 1.54) is 0 Å². The normalized spacial score (nSPS) is 10.3. The summed E-state index contributed by atoms with van der Waals surface area (Å²) in [5.41, 5.74) is 0.514. The van der Waals surface area contributed by atoms with Crippen LogP contribution in [0, 0.1) is 0 Å². The van der Waals surface area contributed by atoms with Crippen LogP contribution < -0.4 is 4.74 Å². The van der Waals surface area contributed by atoms with Crippen LogP contribution in [0.3, 0.4) is 0 Å². The fraction of sp³-hybridized carbons (Fsp3) is 0.118. The Kier molecular flexibility index (Phi) is 6.85. The molecule has 2 rings (SSSR count). The highest BCUT2D eigenvalue weighted by atomic mass is 35.5. The first-order valence-corrected chi connectivity index (χ1v) is 8.28. The van der Waals surface area contributed by atoms with Crippen LogP contribution in [0.15, 0.2) is 36.4 Å². The highest BCUT2D eigenvalue weighted by Gasteiger charge is 2.27. The zero-order chi connectivity index (χ0) is 19.3. The van der Waals surface area contributed by atoms with Gasteiger partial charge in [0.25, 0.3) is 0 Å². The molecule has 0 saturated carbocycles. The number of ether oxygens (including phenoxy) is 2. The summed E-state index contributed by atoms with van der Waals surface area (Å²) < 4.78 is 9.77. The molecule has 0 fully saturated rings. The van der Waals surface area contributed by atoms with Crippen molar-refractivity contribution in [2.24, 2.45) is 0 Å². The van der Waals surface area contributed by atoms with Crippen LogP contribution in [0.4, 0.5) is 0 Å². The Balaban J connectivity index is 2.23. The van der Waals surface area contributed by atoms with Crippen LogP contribution in [-0.4, -0.2) is 29.6 Å². The smallest absolute Gasteiger partial charge is 0.422 e. The zero-order valence-electron chi connectivity index (χ0n) is 13.0. The second-order valence-corrected chi connectivity index (χ2v) is 6.12. The quantitative estimate of drug-likeness (QED) is 0.342. The van der Waals surface area contributed by atoms with Crippen LogP contribution in [-0.2, 0) is 20.7 Å². The van der Waals surface area contributed by atoms with Crippen LogP contribution in [0.5, 0.6) is 5.75 Å². The van der Waals surface area contributed by atoms with Gasteiger partial charge in [0.15, 0.2) is 5.75 Å². The lowest BCUT2D eigenvalue weighted by Crippen LogP contribution is -2.21. The van der Waals surface area contributed by atoms with Gasteiger partial charge in [-0.2, -0.15) is 0 Å². The lowest BCUT2D eigenvalue weighted by molar-refractivity contribution is -0.158. The number of carbonyl (C=O) groups is 3. The summed E-state index contributed by atoms with van der Waals surface area (Å²) in [5, 5.41) is 8.05. The summed E-state index contributed by atoms with van der Waals surface area (Å²) in [5.74, 6) is -4.99. The van der Waals surface area contributed by atoms with E-state index in [1.807, 2.05) is 30.3 Å². The number of halogens is 3. The molecule has 1 N–H and O–H groups in total. The minimum atomic E-state index is -1.87. The summed E-state index contributed by atoms with van der Waals surface area (Å²) in [7, 11) is 0. The number of carboxylic acid groups (broad SMARTS) is 1. The van der Waals surface area contributed by atoms with E-state index in [1.54, 1.807) is 0 Å². The summed E-state index contributed by atoms with van der Waals surface area (Å²) >= 11 is 17.8. The van der Waals surface area contributed by atoms with Crippen molar-refractivity contribution >= 4 is 52.7 Å². The van der Waals surface area contributed by atoms with Crippen molar-refractivity contribution in [3.8, 4) is 5.75 Å². The highest BCUT2D eigenvalue weighted by molar-refractivity contribution is 6.46. The number of aliphatic carboxylic acids is 1. The molecule has 26 heavy (non-hydrogen) atoms. The van der Waals surface area contributed by atoms with Gasteiger partial charge in [0.2, 0.25) is 0 Å². The fourth-order valence-corrected chi connectivity index (χ4v) is 2.69. The number of carboxylic acids is 1. The van der Waals surface area contributed by atoms with Gasteiger partial charge in [0.1, 0.15) is 5.56 Å². The predicted molar refractivity (Wildman–Crippen MR) is 95.2 cm³/mol. The number of benzene rings is 2. The number of hydrogen-bond acceptors (Lipinski definition) is 5. The SMILES string of the molecule is O=C(O)C(=O)Oc1c(Cl)cc(Cl)c(Cl)c1C(=O)OCCc1ccccc1. The molecule has 0 aliphatic rings. The van der Waals surface area contributed by atoms with Gasteiger partial charge >= 0.3 is 17.9 Å². The summed E-state index contributed by atoms with van der Waals surface area (Å²) in [4.78, 5) is 34.4. The van der Waals surface area contributed by atoms with Crippen molar-refractivity contribution in [3.63, 3.8) is 0 Å². The van der Waals surface area contributed by atoms with Crippen molar-refractivity contribution in [1.29, 1.82) is 0 Å². The van der Waals surface area contributed by atoms with E-state index in [9.17, 15) is 14.4 Å². The molecule has 0 heterocycles. The molecule has 0 amide bonds. The minimum Gasteiger partial charge on any atom is -0.473 e. The van der Waals surface area contributed by atoms with E-state index in [4.69, 9.17) is 44.6 Å². The first-order valence-electron chi connectivity index (χ1n) is 7.15. The number of rotatable bonds is 5. The first kappa shape index (κ1) is 20.0. The zero-order valence-corrected chi connectivity index (χ0v) is 15.3. The molecule has 136 valence electrons. The molecule has 9 heteroatoms. The Bertz CT molecular complexity index is 851. The predicted octanol–water partition coefficient (Wildman–Crippen LogP) is 4.04. The van der Waals surface area contributed by atoms with Crippen molar-refractivity contribution in [2.45, 2.75) is 6.42 Å². The summed E-state index contributed by atoms with van der Waals surface area (Å²) in [6.07, 6.45) is 0.433. The summed E-state index contributed by atoms with van der Waals surface area (Å²) in [6.45, 7) is 0.00955. The summed E-state index contributed by atoms with van der Waals surface area (Å²) in [6, 6.07) is 10.4. The standard InChI is InChI=1S/C17H11Cl3O6/c18-10-8-11(19)14(26-17(24)15(21)22)12(13(10)20)16(23)25-7-6-9-4-2-1-3-5-9/h1-5,8H,6-7H2,(H,21,22). The van der Waals surface area contributed by atoms with Gasteiger partial charge in [-0.15, -0.1) is 0 Å². The first-order chi connectivity index (χ1) is 12.3. The van der Waals surface area contributed by atoms with Crippen molar-refractivity contribution < 1.29 is 29.0 Å². The van der Waals surface area contributed by atoms with Gasteiger partial charge in [0, 0.05) is 6.42 Å². The van der Waals surface area contributed by atoms with Gasteiger partial charge in [-0.25, -0.2) is 14.4 Å². The molecule has 0 atom stereocenters. The van der Waals surface area contributed by atoms with E-state index in [0.29, 0.717) is 6.42 Å². The minimum absolute atomic E-state index is 0.00955. The van der Waals surface area contributed by atoms with Gasteiger partial charge in [-0.05, 0) is 11.6 Å². The lowest BCUT2D eigenvalue weighted by atomic mass is 10.1. The largest absolute Gasteiger partial charge is 0.473 e. The Labute approximate surface area is 163 Å². The fourth-order valence-electron chi connectivity index (χ4n) is 1.98. The van der Waals surface area contributed by atoms with Gasteiger partial charge in [-0.1, -0.05) is 65.1 Å². The number of hydrogen-bond donors (Lipinski definition) is 1. The molecule has 0 spiro atoms. The molecular formula is C17H11Cl3O6. The van der Waals surface area contributed by atoms with E-state index in [0.717, 1.165) is 11.6 Å². The molecule has 2 aromatic rings. The van der Waals surface area contributed by atoms with E-state index in [-0.39, 0.29) is 21.7 Å². The molecule has 0 aliphatic heterocycles. The molecule has 0 saturated heterocycles. The van der Waals surface area contributed by atoms with Gasteiger partial charge < -0.3 is 14.6 Å². The Morgan fingerprint density at radius 3 is 2.27 bits per heavy atom. The van der Waals surface area contributed by atoms with Gasteiger partial charge in [-0.3, -0.25) is 0 Å². The molecule has 0 bridgehead atoms. The third-order valence-electron chi connectivity index (χ3n) is 3.17. The molecule has 0 aliphatic carbocycles. The van der Waals surface area contributed by atoms with Crippen LogP contribution in [0.2, 0.25) is 15.1 Å².